The largest absolute Gasteiger partial charge is 0.384 e. The van der Waals surface area contributed by atoms with Crippen molar-refractivity contribution in [3.8, 4) is 0 Å². The molecule has 0 N–H and O–H groups in total. The molecule has 0 aliphatic carbocycles. The second kappa shape index (κ2) is 7.07. The molecule has 0 saturated heterocycles. The molecule has 3 heteroatoms. The van der Waals surface area contributed by atoms with E-state index in [9.17, 15) is 9.59 Å². The minimum absolute atomic E-state index is 0.0373. The van der Waals surface area contributed by atoms with E-state index in [1.165, 1.54) is 5.56 Å². The van der Waals surface area contributed by atoms with E-state index in [1.54, 1.807) is 19.2 Å². The number of hydrogen-bond donors (Lipinski definition) is 0. The lowest BCUT2D eigenvalue weighted by Crippen LogP contribution is -2.10. The minimum atomic E-state index is -0.119. The summed E-state index contributed by atoms with van der Waals surface area (Å²) in [6.45, 7) is 4.58. The molecule has 0 amide bonds. The minimum Gasteiger partial charge on any atom is -0.384 e. The summed E-state index contributed by atoms with van der Waals surface area (Å²) in [6, 6.07) is 7.47. The van der Waals surface area contributed by atoms with Crippen molar-refractivity contribution >= 4 is 11.6 Å². The van der Waals surface area contributed by atoms with Crippen molar-refractivity contribution in [2.45, 2.75) is 32.6 Å². The van der Waals surface area contributed by atoms with Crippen LogP contribution in [0.15, 0.2) is 24.3 Å². The molecule has 1 aromatic rings. The van der Waals surface area contributed by atoms with Gasteiger partial charge in [-0.1, -0.05) is 38.1 Å². The van der Waals surface area contributed by atoms with Gasteiger partial charge < -0.3 is 4.74 Å². The van der Waals surface area contributed by atoms with Crippen LogP contribution in [0.1, 0.15) is 48.5 Å². The monoisotopic (exact) mass is 248 g/mol. The summed E-state index contributed by atoms with van der Waals surface area (Å²) in [5.41, 5.74) is 1.79. The number of methoxy groups -OCH3 is 1. The van der Waals surface area contributed by atoms with E-state index < -0.39 is 0 Å². The fourth-order valence-electron chi connectivity index (χ4n) is 1.64. The lowest BCUT2D eigenvalue weighted by atomic mass is 9.99. The van der Waals surface area contributed by atoms with Crippen molar-refractivity contribution in [2.75, 3.05) is 13.7 Å². The molecule has 0 bridgehead atoms. The summed E-state index contributed by atoms with van der Waals surface area (Å²) < 4.78 is 4.81. The average molecular weight is 248 g/mol. The molecule has 1 aromatic carbocycles. The van der Waals surface area contributed by atoms with Crippen LogP contribution in [0.2, 0.25) is 0 Å². The third-order valence-electron chi connectivity index (χ3n) is 2.84. The molecule has 0 atom stereocenters. The van der Waals surface area contributed by atoms with Crippen LogP contribution in [0.25, 0.3) is 0 Å². The van der Waals surface area contributed by atoms with Crippen molar-refractivity contribution in [3.05, 3.63) is 35.4 Å². The van der Waals surface area contributed by atoms with Gasteiger partial charge in [0.1, 0.15) is 5.78 Å². The Labute approximate surface area is 108 Å². The van der Waals surface area contributed by atoms with Gasteiger partial charge in [-0.2, -0.15) is 0 Å². The van der Waals surface area contributed by atoms with E-state index in [0.717, 1.165) is 0 Å². The molecule has 0 unspecified atom stereocenters. The third kappa shape index (κ3) is 4.41. The number of Topliss-reactive ketones (excluding diaryl/α,β-unsaturated/α-hetero) is 2. The first-order chi connectivity index (χ1) is 8.54. The van der Waals surface area contributed by atoms with Gasteiger partial charge in [-0.3, -0.25) is 9.59 Å². The third-order valence-corrected chi connectivity index (χ3v) is 2.84. The molecule has 0 heterocycles. The van der Waals surface area contributed by atoms with E-state index in [0.29, 0.717) is 24.5 Å². The summed E-state index contributed by atoms with van der Waals surface area (Å²) in [6.07, 6.45) is 0.261. The molecule has 0 aliphatic heterocycles. The Hall–Kier alpha value is -1.48. The summed E-state index contributed by atoms with van der Waals surface area (Å²) in [5.74, 6) is 0.249. The summed E-state index contributed by atoms with van der Waals surface area (Å²) in [7, 11) is 1.54. The van der Waals surface area contributed by atoms with Gasteiger partial charge >= 0.3 is 0 Å². The topological polar surface area (TPSA) is 43.4 Å². The SMILES string of the molecule is COCCC(=O)CC(=O)c1ccc(C(C)C)cc1. The molecule has 1 rings (SSSR count). The highest BCUT2D eigenvalue weighted by Gasteiger charge is 2.11. The number of ketones is 2. The molecule has 18 heavy (non-hydrogen) atoms. The molecule has 98 valence electrons. The van der Waals surface area contributed by atoms with Crippen LogP contribution >= 0.6 is 0 Å². The lowest BCUT2D eigenvalue weighted by molar-refractivity contribution is -0.119. The van der Waals surface area contributed by atoms with Gasteiger partial charge in [0.15, 0.2) is 5.78 Å². The van der Waals surface area contributed by atoms with Gasteiger partial charge in [0.25, 0.3) is 0 Å². The van der Waals surface area contributed by atoms with Gasteiger partial charge in [-0.15, -0.1) is 0 Å². The van der Waals surface area contributed by atoms with Crippen LogP contribution < -0.4 is 0 Å². The first-order valence-electron chi connectivity index (χ1n) is 6.18. The van der Waals surface area contributed by atoms with Crippen LogP contribution in [-0.4, -0.2) is 25.3 Å². The van der Waals surface area contributed by atoms with Gasteiger partial charge in [0, 0.05) is 19.1 Å². The summed E-state index contributed by atoms with van der Waals surface area (Å²) in [5, 5.41) is 0. The van der Waals surface area contributed by atoms with Crippen molar-refractivity contribution in [1.82, 2.24) is 0 Å². The van der Waals surface area contributed by atoms with Crippen LogP contribution in [0.4, 0.5) is 0 Å². The summed E-state index contributed by atoms with van der Waals surface area (Å²) in [4.78, 5) is 23.3. The maximum absolute atomic E-state index is 11.8. The van der Waals surface area contributed by atoms with E-state index in [-0.39, 0.29) is 18.0 Å². The van der Waals surface area contributed by atoms with Crippen LogP contribution in [-0.2, 0) is 9.53 Å². The predicted octanol–water partition coefficient (Wildman–Crippen LogP) is 2.99. The quantitative estimate of drug-likeness (QED) is 0.550. The zero-order valence-electron chi connectivity index (χ0n) is 11.2. The zero-order chi connectivity index (χ0) is 13.5. The van der Waals surface area contributed by atoms with Crippen LogP contribution in [0.3, 0.4) is 0 Å². The van der Waals surface area contributed by atoms with Crippen LogP contribution in [0.5, 0.6) is 0 Å². The van der Waals surface area contributed by atoms with Gasteiger partial charge in [0.2, 0.25) is 0 Å². The van der Waals surface area contributed by atoms with Crippen molar-refractivity contribution in [2.24, 2.45) is 0 Å². The Bertz CT molecular complexity index is 404. The molecular formula is C15H20O3. The van der Waals surface area contributed by atoms with Gasteiger partial charge in [-0.05, 0) is 11.5 Å². The normalized spacial score (nSPS) is 10.7. The number of ether oxygens (including phenoxy) is 1. The first kappa shape index (κ1) is 14.6. The number of benzene rings is 1. The molecular weight excluding hydrogens is 228 g/mol. The van der Waals surface area contributed by atoms with Crippen LogP contribution in [0, 0.1) is 0 Å². The number of rotatable bonds is 7. The molecule has 0 radical (unpaired) electrons. The Morgan fingerprint density at radius 3 is 2.28 bits per heavy atom. The molecule has 0 aliphatic rings. The zero-order valence-corrected chi connectivity index (χ0v) is 11.2. The molecule has 3 nitrogen and oxygen atoms in total. The van der Waals surface area contributed by atoms with Crippen molar-refractivity contribution in [1.29, 1.82) is 0 Å². The summed E-state index contributed by atoms with van der Waals surface area (Å²) >= 11 is 0. The maximum atomic E-state index is 11.8. The fraction of sp³-hybridized carbons (Fsp3) is 0.467. The lowest BCUT2D eigenvalue weighted by Gasteiger charge is -2.06. The highest BCUT2D eigenvalue weighted by Crippen LogP contribution is 2.15. The number of hydrogen-bond acceptors (Lipinski definition) is 3. The maximum Gasteiger partial charge on any atom is 0.170 e. The molecule has 0 aromatic heterocycles. The van der Waals surface area contributed by atoms with E-state index in [4.69, 9.17) is 4.74 Å². The Morgan fingerprint density at radius 2 is 1.78 bits per heavy atom. The van der Waals surface area contributed by atoms with Gasteiger partial charge in [-0.25, -0.2) is 0 Å². The van der Waals surface area contributed by atoms with Crippen molar-refractivity contribution in [3.63, 3.8) is 0 Å². The van der Waals surface area contributed by atoms with Crippen molar-refractivity contribution < 1.29 is 14.3 Å². The number of carbonyl (C=O) groups is 2. The van der Waals surface area contributed by atoms with E-state index in [1.807, 2.05) is 12.1 Å². The van der Waals surface area contributed by atoms with E-state index >= 15 is 0 Å². The highest BCUT2D eigenvalue weighted by atomic mass is 16.5. The Morgan fingerprint density at radius 1 is 1.17 bits per heavy atom. The second-order valence-electron chi connectivity index (χ2n) is 4.66. The second-order valence-corrected chi connectivity index (χ2v) is 4.66. The first-order valence-corrected chi connectivity index (χ1v) is 6.18. The average Bonchev–Trinajstić information content (AvgIpc) is 2.36. The molecule has 0 spiro atoms. The smallest absolute Gasteiger partial charge is 0.170 e. The molecule has 0 saturated carbocycles. The number of carbonyl (C=O) groups excluding carboxylic acids is 2. The highest BCUT2D eigenvalue weighted by molar-refractivity contribution is 6.07. The standard InChI is InChI=1S/C15H20O3/c1-11(2)12-4-6-13(7-5-12)15(17)10-14(16)8-9-18-3/h4-7,11H,8-10H2,1-3H3. The fourth-order valence-corrected chi connectivity index (χ4v) is 1.64. The predicted molar refractivity (Wildman–Crippen MR) is 71.0 cm³/mol. The van der Waals surface area contributed by atoms with Gasteiger partial charge in [0.05, 0.1) is 13.0 Å². The Kier molecular flexibility index (Phi) is 5.72. The molecule has 0 fully saturated rings. The Balaban J connectivity index is 2.59. The van der Waals surface area contributed by atoms with E-state index in [2.05, 4.69) is 13.8 Å².